The van der Waals surface area contributed by atoms with Gasteiger partial charge in [0.05, 0.1) is 11.9 Å². The highest BCUT2D eigenvalue weighted by atomic mass is 79.9. The summed E-state index contributed by atoms with van der Waals surface area (Å²) in [4.78, 5) is 27.9. The number of hydrogen-bond donors (Lipinski definition) is 1. The predicted molar refractivity (Wildman–Crippen MR) is 143 cm³/mol. The van der Waals surface area contributed by atoms with Crippen LogP contribution in [0.1, 0.15) is 38.3 Å². The molecule has 0 saturated carbocycles. The smallest absolute Gasteiger partial charge is 0.244 e. The van der Waals surface area contributed by atoms with Gasteiger partial charge in [0.25, 0.3) is 0 Å². The first-order valence-electron chi connectivity index (χ1n) is 10.9. The molecule has 34 heavy (non-hydrogen) atoms. The van der Waals surface area contributed by atoms with Crippen LogP contribution in [-0.4, -0.2) is 50.0 Å². The lowest BCUT2D eigenvalue weighted by atomic mass is 10.1. The number of nitrogens with one attached hydrogen (secondary N) is 1. The van der Waals surface area contributed by atoms with Crippen LogP contribution in [0.4, 0.5) is 5.69 Å². The van der Waals surface area contributed by atoms with E-state index in [-0.39, 0.29) is 18.5 Å². The molecule has 2 rings (SSSR count). The molecule has 0 aliphatic heterocycles. The summed E-state index contributed by atoms with van der Waals surface area (Å²) in [5, 5.41) is 2.91. The van der Waals surface area contributed by atoms with Gasteiger partial charge in [-0.05, 0) is 68.7 Å². The van der Waals surface area contributed by atoms with Crippen LogP contribution in [0.2, 0.25) is 0 Å². The molecule has 2 aromatic rings. The van der Waals surface area contributed by atoms with Crippen LogP contribution in [0.3, 0.4) is 0 Å². The average molecular weight is 617 g/mol. The minimum absolute atomic E-state index is 0.0453. The topological polar surface area (TPSA) is 86.8 Å². The van der Waals surface area contributed by atoms with Crippen LogP contribution in [0.15, 0.2) is 51.4 Å². The summed E-state index contributed by atoms with van der Waals surface area (Å²) >= 11 is 6.85. The molecule has 0 bridgehead atoms. The largest absolute Gasteiger partial charge is 0.352 e. The first kappa shape index (κ1) is 28.3. The van der Waals surface area contributed by atoms with Crippen LogP contribution in [0, 0.1) is 6.92 Å². The number of halogens is 2. The minimum Gasteiger partial charge on any atom is -0.352 e. The Morgan fingerprint density at radius 2 is 1.76 bits per heavy atom. The SMILES string of the molecule is CC[C@H](C)NC(=O)[C@@H](C)N(Cc1cccc(Br)c1)C(=O)CN(c1ccc(Br)c(C)c1)S(C)(=O)=O. The molecule has 186 valence electrons. The standard InChI is InChI=1S/C24H31Br2N3O4S/c1-6-17(3)27-24(31)18(4)28(14-19-8-7-9-20(25)13-19)23(30)15-29(34(5,32)33)21-10-11-22(26)16(2)12-21/h7-13,17-18H,6,14-15H2,1-5H3,(H,27,31)/t17-,18+/m0/s1. The highest BCUT2D eigenvalue weighted by Gasteiger charge is 2.30. The van der Waals surface area contributed by atoms with Gasteiger partial charge < -0.3 is 10.2 Å². The van der Waals surface area contributed by atoms with E-state index in [1.165, 1.54) is 4.90 Å². The Hall–Kier alpha value is -1.91. The fraction of sp³-hybridized carbons (Fsp3) is 0.417. The number of amides is 2. The number of hydrogen-bond acceptors (Lipinski definition) is 4. The van der Waals surface area contributed by atoms with E-state index >= 15 is 0 Å². The van der Waals surface area contributed by atoms with Gasteiger partial charge in [0.15, 0.2) is 0 Å². The summed E-state index contributed by atoms with van der Waals surface area (Å²) in [7, 11) is -3.76. The van der Waals surface area contributed by atoms with E-state index in [0.29, 0.717) is 5.69 Å². The zero-order valence-corrected chi connectivity index (χ0v) is 24.0. The fourth-order valence-electron chi connectivity index (χ4n) is 3.28. The fourth-order valence-corrected chi connectivity index (χ4v) is 4.81. The van der Waals surface area contributed by atoms with Crippen molar-refractivity contribution >= 4 is 59.4 Å². The van der Waals surface area contributed by atoms with Crippen LogP contribution in [-0.2, 0) is 26.2 Å². The van der Waals surface area contributed by atoms with Crippen molar-refractivity contribution in [2.75, 3.05) is 17.1 Å². The number of aryl methyl sites for hydroxylation is 1. The Labute approximate surface area is 219 Å². The molecule has 0 heterocycles. The number of anilines is 1. The van der Waals surface area contributed by atoms with Gasteiger partial charge in [-0.3, -0.25) is 13.9 Å². The summed E-state index contributed by atoms with van der Waals surface area (Å²) in [6, 6.07) is 11.7. The third kappa shape index (κ3) is 7.81. The lowest BCUT2D eigenvalue weighted by Crippen LogP contribution is -2.52. The molecular weight excluding hydrogens is 586 g/mol. The van der Waals surface area contributed by atoms with E-state index < -0.39 is 28.5 Å². The lowest BCUT2D eigenvalue weighted by molar-refractivity contribution is -0.139. The Bertz CT molecular complexity index is 1140. The first-order valence-corrected chi connectivity index (χ1v) is 14.3. The van der Waals surface area contributed by atoms with Crippen molar-refractivity contribution in [2.45, 2.75) is 52.7 Å². The number of nitrogens with zero attached hydrogens (tertiary/aromatic N) is 2. The van der Waals surface area contributed by atoms with Gasteiger partial charge in [0, 0.05) is 21.5 Å². The maximum Gasteiger partial charge on any atom is 0.244 e. The van der Waals surface area contributed by atoms with Crippen molar-refractivity contribution in [1.29, 1.82) is 0 Å². The van der Waals surface area contributed by atoms with Gasteiger partial charge >= 0.3 is 0 Å². The number of rotatable bonds is 10. The summed E-state index contributed by atoms with van der Waals surface area (Å²) in [5.41, 5.74) is 2.04. The van der Waals surface area contributed by atoms with Crippen LogP contribution < -0.4 is 9.62 Å². The number of benzene rings is 2. The number of carbonyl (C=O) groups is 2. The van der Waals surface area contributed by atoms with Crippen LogP contribution in [0.25, 0.3) is 0 Å². The van der Waals surface area contributed by atoms with Gasteiger partial charge in [-0.2, -0.15) is 0 Å². The van der Waals surface area contributed by atoms with Gasteiger partial charge in [-0.15, -0.1) is 0 Å². The van der Waals surface area contributed by atoms with E-state index in [1.54, 1.807) is 25.1 Å². The van der Waals surface area contributed by atoms with Crippen molar-refractivity contribution in [3.8, 4) is 0 Å². The maximum atomic E-state index is 13.5. The third-order valence-corrected chi connectivity index (χ3v) is 8.04. The molecule has 0 aliphatic rings. The molecule has 10 heteroatoms. The summed E-state index contributed by atoms with van der Waals surface area (Å²) in [6.45, 7) is 7.09. The van der Waals surface area contributed by atoms with Gasteiger partial charge in [-0.1, -0.05) is 50.9 Å². The molecule has 2 amide bonds. The van der Waals surface area contributed by atoms with E-state index in [0.717, 1.165) is 37.1 Å². The summed E-state index contributed by atoms with van der Waals surface area (Å²) < 4.78 is 28.0. The molecule has 0 saturated heterocycles. The molecule has 0 aromatic heterocycles. The zero-order valence-electron chi connectivity index (χ0n) is 20.0. The summed E-state index contributed by atoms with van der Waals surface area (Å²) in [5.74, 6) is -0.763. The molecule has 1 N–H and O–H groups in total. The van der Waals surface area contributed by atoms with Crippen LogP contribution >= 0.6 is 31.9 Å². The van der Waals surface area contributed by atoms with Gasteiger partial charge in [0.1, 0.15) is 12.6 Å². The minimum atomic E-state index is -3.76. The van der Waals surface area contributed by atoms with Gasteiger partial charge in [-0.25, -0.2) is 8.42 Å². The number of carbonyl (C=O) groups excluding carboxylic acids is 2. The molecule has 2 atom stereocenters. The maximum absolute atomic E-state index is 13.5. The van der Waals surface area contributed by atoms with Crippen molar-refractivity contribution in [2.24, 2.45) is 0 Å². The Morgan fingerprint density at radius 3 is 2.32 bits per heavy atom. The molecule has 0 fully saturated rings. The second-order valence-electron chi connectivity index (χ2n) is 8.35. The predicted octanol–water partition coefficient (Wildman–Crippen LogP) is 4.62. The highest BCUT2D eigenvalue weighted by Crippen LogP contribution is 2.25. The van der Waals surface area contributed by atoms with Crippen molar-refractivity contribution in [3.63, 3.8) is 0 Å². The molecule has 7 nitrogen and oxygen atoms in total. The Kier molecular flexibility index (Phi) is 10.1. The van der Waals surface area contributed by atoms with Crippen molar-refractivity contribution in [1.82, 2.24) is 10.2 Å². The summed E-state index contributed by atoms with van der Waals surface area (Å²) in [6.07, 6.45) is 1.82. The molecule has 0 aliphatic carbocycles. The van der Waals surface area contributed by atoms with E-state index in [1.807, 2.05) is 45.0 Å². The highest BCUT2D eigenvalue weighted by molar-refractivity contribution is 9.10. The lowest BCUT2D eigenvalue weighted by Gasteiger charge is -2.32. The van der Waals surface area contributed by atoms with Crippen LogP contribution in [0.5, 0.6) is 0 Å². The normalized spacial score (nSPS) is 13.1. The van der Waals surface area contributed by atoms with E-state index in [4.69, 9.17) is 0 Å². The van der Waals surface area contributed by atoms with E-state index in [9.17, 15) is 18.0 Å². The molecule has 2 aromatic carbocycles. The Balaban J connectivity index is 2.41. The second kappa shape index (κ2) is 12.2. The molecular formula is C24H31Br2N3O4S. The molecule has 0 radical (unpaired) electrons. The van der Waals surface area contributed by atoms with Crippen molar-refractivity contribution < 1.29 is 18.0 Å². The first-order chi connectivity index (χ1) is 15.8. The third-order valence-electron chi connectivity index (χ3n) is 5.52. The molecule has 0 unspecified atom stereocenters. The van der Waals surface area contributed by atoms with Gasteiger partial charge in [0.2, 0.25) is 21.8 Å². The van der Waals surface area contributed by atoms with E-state index in [2.05, 4.69) is 37.2 Å². The number of sulfonamides is 1. The Morgan fingerprint density at radius 1 is 1.09 bits per heavy atom. The zero-order chi connectivity index (χ0) is 25.6. The second-order valence-corrected chi connectivity index (χ2v) is 12.0. The monoisotopic (exact) mass is 615 g/mol. The van der Waals surface area contributed by atoms with Crippen molar-refractivity contribution in [3.05, 3.63) is 62.5 Å². The quantitative estimate of drug-likeness (QED) is 0.422. The molecule has 0 spiro atoms. The average Bonchev–Trinajstić information content (AvgIpc) is 2.76.